The van der Waals surface area contributed by atoms with Crippen LogP contribution in [0.25, 0.3) is 10.1 Å². The molecule has 1 atom stereocenters. The summed E-state index contributed by atoms with van der Waals surface area (Å²) in [5.41, 5.74) is 6.37. The lowest BCUT2D eigenvalue weighted by Gasteiger charge is -2.14. The number of hydrogen-bond acceptors (Lipinski definition) is 5. The number of nitrogens with two attached hydrogens (primary N) is 1. The van der Waals surface area contributed by atoms with E-state index in [1.165, 1.54) is 18.4 Å². The van der Waals surface area contributed by atoms with Crippen molar-refractivity contribution >= 4 is 44.6 Å². The molecule has 1 aromatic carbocycles. The number of methoxy groups -OCH3 is 1. The summed E-state index contributed by atoms with van der Waals surface area (Å²) in [6.45, 7) is 0.0267. The Balaban J connectivity index is 2.31. The molecule has 0 bridgehead atoms. The Morgan fingerprint density at radius 3 is 2.95 bits per heavy atom. The highest BCUT2D eigenvalue weighted by Crippen LogP contribution is 2.37. The smallest absolute Gasteiger partial charge is 0.263 e. The lowest BCUT2D eigenvalue weighted by atomic mass is 10.2. The van der Waals surface area contributed by atoms with Crippen LogP contribution in [0.3, 0.4) is 0 Å². The summed E-state index contributed by atoms with van der Waals surface area (Å²) < 4.78 is 5.77. The average Bonchev–Trinajstić information content (AvgIpc) is 2.77. The van der Waals surface area contributed by atoms with Crippen molar-refractivity contribution in [2.75, 3.05) is 26.1 Å². The van der Waals surface area contributed by atoms with E-state index in [1.54, 1.807) is 6.07 Å². The van der Waals surface area contributed by atoms with Crippen LogP contribution in [-0.2, 0) is 4.74 Å². The molecular formula is C13H15ClN2O3S. The second-order valence-corrected chi connectivity index (χ2v) is 5.73. The Kier molecular flexibility index (Phi) is 4.82. The molecule has 2 aromatic rings. The van der Waals surface area contributed by atoms with E-state index in [-0.39, 0.29) is 19.1 Å². The van der Waals surface area contributed by atoms with Gasteiger partial charge < -0.3 is 20.9 Å². The number of anilines is 1. The molecule has 2 rings (SSSR count). The molecular weight excluding hydrogens is 300 g/mol. The molecule has 20 heavy (non-hydrogen) atoms. The van der Waals surface area contributed by atoms with Crippen LogP contribution in [0.2, 0.25) is 5.02 Å². The molecule has 1 heterocycles. The number of nitrogen functional groups attached to an aromatic ring is 1. The summed E-state index contributed by atoms with van der Waals surface area (Å²) in [5.74, 6) is -0.337. The summed E-state index contributed by atoms with van der Waals surface area (Å²) in [4.78, 5) is 12.6. The third kappa shape index (κ3) is 2.88. The van der Waals surface area contributed by atoms with E-state index in [0.29, 0.717) is 21.0 Å². The third-order valence-electron chi connectivity index (χ3n) is 2.83. The number of carbonyl (C=O) groups excluding carboxylic acids is 1. The fourth-order valence-electron chi connectivity index (χ4n) is 1.89. The van der Waals surface area contributed by atoms with Crippen molar-refractivity contribution in [2.24, 2.45) is 0 Å². The molecule has 5 nitrogen and oxygen atoms in total. The maximum absolute atomic E-state index is 12.2. The molecule has 1 amide bonds. The lowest BCUT2D eigenvalue weighted by molar-refractivity contribution is 0.0844. The molecule has 0 saturated heterocycles. The quantitative estimate of drug-likeness (QED) is 0.786. The Labute approximate surface area is 125 Å². The zero-order valence-electron chi connectivity index (χ0n) is 10.9. The molecule has 0 aliphatic heterocycles. The van der Waals surface area contributed by atoms with E-state index in [9.17, 15) is 4.79 Å². The van der Waals surface area contributed by atoms with Gasteiger partial charge in [0.15, 0.2) is 0 Å². The van der Waals surface area contributed by atoms with Crippen LogP contribution in [0, 0.1) is 0 Å². The normalized spacial score (nSPS) is 12.6. The predicted octanol–water partition coefficient (Wildman–Crippen LogP) is 1.87. The van der Waals surface area contributed by atoms with Crippen molar-refractivity contribution in [2.45, 2.75) is 6.04 Å². The van der Waals surface area contributed by atoms with Crippen molar-refractivity contribution in [3.05, 3.63) is 28.1 Å². The summed E-state index contributed by atoms with van der Waals surface area (Å²) in [7, 11) is 1.50. The van der Waals surface area contributed by atoms with Gasteiger partial charge in [-0.3, -0.25) is 4.79 Å². The number of thiophene rings is 1. The summed E-state index contributed by atoms with van der Waals surface area (Å²) in [5, 5.41) is 13.1. The van der Waals surface area contributed by atoms with E-state index in [0.717, 1.165) is 4.70 Å². The number of hydrogen-bond donors (Lipinski definition) is 3. The van der Waals surface area contributed by atoms with E-state index in [4.69, 9.17) is 27.2 Å². The van der Waals surface area contributed by atoms with E-state index in [1.807, 2.05) is 12.1 Å². The van der Waals surface area contributed by atoms with Crippen LogP contribution in [0.15, 0.2) is 18.2 Å². The Bertz CT molecular complexity index is 629. The summed E-state index contributed by atoms with van der Waals surface area (Å²) in [6.07, 6.45) is 0. The second kappa shape index (κ2) is 6.41. The molecule has 4 N–H and O–H groups in total. The van der Waals surface area contributed by atoms with Gasteiger partial charge >= 0.3 is 0 Å². The monoisotopic (exact) mass is 314 g/mol. The first-order valence-electron chi connectivity index (χ1n) is 5.95. The molecule has 108 valence electrons. The van der Waals surface area contributed by atoms with Gasteiger partial charge in [0.25, 0.3) is 5.91 Å². The largest absolute Gasteiger partial charge is 0.397 e. The van der Waals surface area contributed by atoms with Gasteiger partial charge in [0.2, 0.25) is 0 Å². The highest BCUT2D eigenvalue weighted by Gasteiger charge is 2.20. The minimum atomic E-state index is -0.465. The maximum Gasteiger partial charge on any atom is 0.263 e. The van der Waals surface area contributed by atoms with Gasteiger partial charge in [-0.05, 0) is 12.1 Å². The van der Waals surface area contributed by atoms with Crippen LogP contribution in [0.1, 0.15) is 9.67 Å². The van der Waals surface area contributed by atoms with Gasteiger partial charge in [0.1, 0.15) is 4.88 Å². The van der Waals surface area contributed by atoms with E-state index >= 15 is 0 Å². The highest BCUT2D eigenvalue weighted by molar-refractivity contribution is 7.21. The van der Waals surface area contributed by atoms with E-state index in [2.05, 4.69) is 5.32 Å². The Morgan fingerprint density at radius 1 is 1.60 bits per heavy atom. The predicted molar refractivity (Wildman–Crippen MR) is 81.5 cm³/mol. The van der Waals surface area contributed by atoms with Crippen molar-refractivity contribution in [1.29, 1.82) is 0 Å². The molecule has 0 fully saturated rings. The minimum Gasteiger partial charge on any atom is -0.397 e. The number of ether oxygens (including phenoxy) is 1. The topological polar surface area (TPSA) is 84.6 Å². The zero-order valence-corrected chi connectivity index (χ0v) is 12.4. The number of aliphatic hydroxyl groups is 1. The van der Waals surface area contributed by atoms with Crippen molar-refractivity contribution < 1.29 is 14.6 Å². The SMILES string of the molecule is COCC(CO)NC(=O)c1sc2cccc(Cl)c2c1N. The average molecular weight is 315 g/mol. The standard InChI is InChI=1S/C13H15ClN2O3S/c1-19-6-7(5-17)16-13(18)12-11(15)10-8(14)3-2-4-9(10)20-12/h2-4,7,17H,5-6,15H2,1H3,(H,16,18). The molecule has 0 radical (unpaired) electrons. The molecule has 1 aromatic heterocycles. The summed E-state index contributed by atoms with van der Waals surface area (Å²) >= 11 is 7.37. The van der Waals surface area contributed by atoms with Crippen LogP contribution in [0.4, 0.5) is 5.69 Å². The summed E-state index contributed by atoms with van der Waals surface area (Å²) in [6, 6.07) is 4.94. The van der Waals surface area contributed by atoms with Crippen molar-refractivity contribution in [3.8, 4) is 0 Å². The van der Waals surface area contributed by atoms with Gasteiger partial charge in [-0.2, -0.15) is 0 Å². The Morgan fingerprint density at radius 2 is 2.35 bits per heavy atom. The first kappa shape index (κ1) is 15.1. The fourth-order valence-corrected chi connectivity index (χ4v) is 3.27. The van der Waals surface area contributed by atoms with E-state index < -0.39 is 6.04 Å². The number of rotatable bonds is 5. The van der Waals surface area contributed by atoms with Crippen LogP contribution in [0.5, 0.6) is 0 Å². The molecule has 0 saturated carbocycles. The van der Waals surface area contributed by atoms with Gasteiger partial charge in [0, 0.05) is 17.2 Å². The fraction of sp³-hybridized carbons (Fsp3) is 0.308. The third-order valence-corrected chi connectivity index (χ3v) is 4.32. The molecule has 0 aliphatic rings. The highest BCUT2D eigenvalue weighted by atomic mass is 35.5. The van der Waals surface area contributed by atoms with Crippen LogP contribution in [-0.4, -0.2) is 37.4 Å². The number of halogens is 1. The zero-order chi connectivity index (χ0) is 14.7. The maximum atomic E-state index is 12.2. The number of carbonyl (C=O) groups is 1. The minimum absolute atomic E-state index is 0.203. The first-order chi connectivity index (χ1) is 9.58. The van der Waals surface area contributed by atoms with Crippen LogP contribution < -0.4 is 11.1 Å². The van der Waals surface area contributed by atoms with Crippen LogP contribution >= 0.6 is 22.9 Å². The number of aliphatic hydroxyl groups excluding tert-OH is 1. The van der Waals surface area contributed by atoms with Gasteiger partial charge in [-0.25, -0.2) is 0 Å². The molecule has 7 heteroatoms. The molecule has 0 spiro atoms. The molecule has 0 aliphatic carbocycles. The molecule has 1 unspecified atom stereocenters. The van der Waals surface area contributed by atoms with Crippen molar-refractivity contribution in [3.63, 3.8) is 0 Å². The lowest BCUT2D eigenvalue weighted by Crippen LogP contribution is -2.40. The number of benzene rings is 1. The van der Waals surface area contributed by atoms with Gasteiger partial charge in [0.05, 0.1) is 30.0 Å². The number of amides is 1. The number of fused-ring (bicyclic) bond motifs is 1. The van der Waals surface area contributed by atoms with Crippen molar-refractivity contribution in [1.82, 2.24) is 5.32 Å². The van der Waals surface area contributed by atoms with Gasteiger partial charge in [-0.15, -0.1) is 11.3 Å². The van der Waals surface area contributed by atoms with Gasteiger partial charge in [-0.1, -0.05) is 17.7 Å². The number of nitrogens with one attached hydrogen (secondary N) is 1. The second-order valence-electron chi connectivity index (χ2n) is 4.27. The Hall–Kier alpha value is -1.34. The first-order valence-corrected chi connectivity index (χ1v) is 7.15.